The van der Waals surface area contributed by atoms with Gasteiger partial charge in [0.2, 0.25) is 23.6 Å². The second-order valence-electron chi connectivity index (χ2n) is 7.41. The number of benzene rings is 1. The van der Waals surface area contributed by atoms with Crippen molar-refractivity contribution >= 4 is 29.3 Å². The molecule has 4 atom stereocenters. The van der Waals surface area contributed by atoms with Gasteiger partial charge in [0, 0.05) is 30.3 Å². The molecule has 1 aromatic rings. The fraction of sp³-hybridized carbons (Fsp3) is 0.474. The molecule has 0 aromatic heterocycles. The fourth-order valence-corrected chi connectivity index (χ4v) is 4.75. The van der Waals surface area contributed by atoms with Crippen LogP contribution in [0.25, 0.3) is 0 Å². The molecule has 1 spiro atoms. The number of para-hydroxylation sites is 1. The first kappa shape index (κ1) is 17.7. The molecular formula is C19H22N4O4. The maximum atomic E-state index is 13.2. The van der Waals surface area contributed by atoms with Crippen molar-refractivity contribution in [3.05, 3.63) is 29.8 Å². The summed E-state index contributed by atoms with van der Waals surface area (Å²) in [5.41, 5.74) is 5.27. The van der Waals surface area contributed by atoms with E-state index in [9.17, 15) is 19.2 Å². The van der Waals surface area contributed by atoms with Crippen LogP contribution < -0.4 is 16.4 Å². The second kappa shape index (κ2) is 6.16. The maximum Gasteiger partial charge on any atom is 0.250 e. The minimum absolute atomic E-state index is 0.112. The SMILES string of the molecule is CCCCN1C(=O)[C@@H]2C(CC(N)=O)NC3(C(=O)Nc4ccccc43)[C@@H]2C1=O. The molecule has 27 heavy (non-hydrogen) atoms. The number of rotatable bonds is 5. The Morgan fingerprint density at radius 2 is 1.96 bits per heavy atom. The molecule has 8 nitrogen and oxygen atoms in total. The number of carbonyl (C=O) groups excluding carboxylic acids is 4. The van der Waals surface area contributed by atoms with Crippen molar-refractivity contribution < 1.29 is 19.2 Å². The van der Waals surface area contributed by atoms with Gasteiger partial charge in [-0.1, -0.05) is 31.5 Å². The predicted molar refractivity (Wildman–Crippen MR) is 96.1 cm³/mol. The van der Waals surface area contributed by atoms with E-state index in [4.69, 9.17) is 5.73 Å². The first-order valence-corrected chi connectivity index (χ1v) is 9.24. The van der Waals surface area contributed by atoms with E-state index in [0.29, 0.717) is 24.2 Å². The van der Waals surface area contributed by atoms with E-state index in [0.717, 1.165) is 6.42 Å². The Morgan fingerprint density at radius 1 is 1.22 bits per heavy atom. The van der Waals surface area contributed by atoms with Crippen LogP contribution in [0.3, 0.4) is 0 Å². The summed E-state index contributed by atoms with van der Waals surface area (Å²) in [7, 11) is 0. The first-order chi connectivity index (χ1) is 12.9. The third-order valence-electron chi connectivity index (χ3n) is 5.87. The van der Waals surface area contributed by atoms with Gasteiger partial charge in [0.25, 0.3) is 0 Å². The highest BCUT2D eigenvalue weighted by Gasteiger charge is 2.70. The van der Waals surface area contributed by atoms with E-state index in [2.05, 4.69) is 10.6 Å². The third-order valence-corrected chi connectivity index (χ3v) is 5.87. The van der Waals surface area contributed by atoms with Gasteiger partial charge in [0.1, 0.15) is 5.54 Å². The summed E-state index contributed by atoms with van der Waals surface area (Å²) in [6.45, 7) is 2.30. The highest BCUT2D eigenvalue weighted by molar-refractivity contribution is 6.15. The Bertz CT molecular complexity index is 854. The van der Waals surface area contributed by atoms with E-state index < -0.39 is 29.3 Å². The van der Waals surface area contributed by atoms with Gasteiger partial charge in [0.15, 0.2) is 0 Å². The van der Waals surface area contributed by atoms with Crippen molar-refractivity contribution in [3.8, 4) is 0 Å². The number of imide groups is 1. The number of carbonyl (C=O) groups is 4. The molecule has 0 bridgehead atoms. The van der Waals surface area contributed by atoms with Crippen LogP contribution in [0, 0.1) is 11.8 Å². The molecule has 1 aromatic carbocycles. The lowest BCUT2D eigenvalue weighted by molar-refractivity contribution is -0.142. The highest BCUT2D eigenvalue weighted by Crippen LogP contribution is 2.53. The zero-order valence-corrected chi connectivity index (χ0v) is 15.0. The molecular weight excluding hydrogens is 348 g/mol. The average Bonchev–Trinajstić information content (AvgIpc) is 3.19. The Kier molecular flexibility index (Phi) is 4.03. The van der Waals surface area contributed by atoms with Crippen LogP contribution in [0.1, 0.15) is 31.7 Å². The summed E-state index contributed by atoms with van der Waals surface area (Å²) in [5.74, 6) is -3.30. The molecule has 0 aliphatic carbocycles. The Morgan fingerprint density at radius 3 is 2.67 bits per heavy atom. The van der Waals surface area contributed by atoms with E-state index in [1.807, 2.05) is 6.92 Å². The normalized spacial score (nSPS) is 31.4. The number of primary amides is 1. The molecule has 4 amide bonds. The molecule has 0 saturated carbocycles. The van der Waals surface area contributed by atoms with Gasteiger partial charge in [-0.25, -0.2) is 0 Å². The van der Waals surface area contributed by atoms with Gasteiger partial charge in [-0.05, 0) is 12.5 Å². The Hall–Kier alpha value is -2.74. The number of nitrogens with two attached hydrogens (primary N) is 1. The van der Waals surface area contributed by atoms with E-state index in [-0.39, 0.29) is 24.1 Å². The Balaban J connectivity index is 1.83. The second-order valence-corrected chi connectivity index (χ2v) is 7.41. The predicted octanol–water partition coefficient (Wildman–Crippen LogP) is 0.0825. The Labute approximate surface area is 156 Å². The van der Waals surface area contributed by atoms with E-state index >= 15 is 0 Å². The molecule has 4 N–H and O–H groups in total. The van der Waals surface area contributed by atoms with Crippen molar-refractivity contribution in [1.82, 2.24) is 10.2 Å². The van der Waals surface area contributed by atoms with Gasteiger partial charge in [0.05, 0.1) is 11.8 Å². The lowest BCUT2D eigenvalue weighted by Crippen LogP contribution is -2.53. The van der Waals surface area contributed by atoms with E-state index in [1.54, 1.807) is 24.3 Å². The van der Waals surface area contributed by atoms with Crippen molar-refractivity contribution in [2.24, 2.45) is 17.6 Å². The molecule has 3 aliphatic rings. The minimum atomic E-state index is -1.35. The number of anilines is 1. The average molecular weight is 370 g/mol. The number of hydrogen-bond donors (Lipinski definition) is 3. The minimum Gasteiger partial charge on any atom is -0.370 e. The van der Waals surface area contributed by atoms with Crippen LogP contribution in [0.2, 0.25) is 0 Å². The van der Waals surface area contributed by atoms with Gasteiger partial charge < -0.3 is 11.1 Å². The molecule has 8 heteroatoms. The van der Waals surface area contributed by atoms with Crippen molar-refractivity contribution in [1.29, 1.82) is 0 Å². The van der Waals surface area contributed by atoms with Crippen LogP contribution in [0.4, 0.5) is 5.69 Å². The van der Waals surface area contributed by atoms with Crippen LogP contribution in [-0.4, -0.2) is 41.1 Å². The van der Waals surface area contributed by atoms with Crippen molar-refractivity contribution in [3.63, 3.8) is 0 Å². The summed E-state index contributed by atoms with van der Waals surface area (Å²) in [4.78, 5) is 52.1. The maximum absolute atomic E-state index is 13.2. The molecule has 4 rings (SSSR count). The van der Waals surface area contributed by atoms with Crippen LogP contribution in [0.5, 0.6) is 0 Å². The number of unbranched alkanes of at least 4 members (excludes halogenated alkanes) is 1. The number of likely N-dealkylation sites (tertiary alicyclic amines) is 1. The van der Waals surface area contributed by atoms with Gasteiger partial charge >= 0.3 is 0 Å². The first-order valence-electron chi connectivity index (χ1n) is 9.24. The molecule has 3 heterocycles. The van der Waals surface area contributed by atoms with Crippen LogP contribution >= 0.6 is 0 Å². The molecule has 2 fully saturated rings. The van der Waals surface area contributed by atoms with Gasteiger partial charge in [-0.15, -0.1) is 0 Å². The smallest absolute Gasteiger partial charge is 0.250 e. The standard InChI is InChI=1S/C19H22N4O4/c1-2-3-8-23-16(25)14-12(9-13(20)24)22-19(15(14)17(23)26)10-6-4-5-7-11(10)21-18(19)27/h4-7,12,14-15,22H,2-3,8-9H2,1H3,(H2,20,24)(H,21,27)/t12?,14-,15+,19?/m1/s1. The van der Waals surface area contributed by atoms with Crippen molar-refractivity contribution in [2.45, 2.75) is 37.8 Å². The topological polar surface area (TPSA) is 122 Å². The summed E-state index contributed by atoms with van der Waals surface area (Å²) in [6.07, 6.45) is 1.42. The summed E-state index contributed by atoms with van der Waals surface area (Å²) in [5, 5.41) is 5.97. The molecule has 3 aliphatic heterocycles. The number of hydrogen-bond acceptors (Lipinski definition) is 5. The van der Waals surface area contributed by atoms with Crippen molar-refractivity contribution in [2.75, 3.05) is 11.9 Å². The number of fused-ring (bicyclic) bond motifs is 4. The summed E-state index contributed by atoms with van der Waals surface area (Å²) >= 11 is 0. The largest absolute Gasteiger partial charge is 0.370 e. The third kappa shape index (κ3) is 2.32. The van der Waals surface area contributed by atoms with Gasteiger partial charge in [-0.3, -0.25) is 29.4 Å². The van der Waals surface area contributed by atoms with Crippen LogP contribution in [0.15, 0.2) is 24.3 Å². The molecule has 142 valence electrons. The monoisotopic (exact) mass is 370 g/mol. The quantitative estimate of drug-likeness (QED) is 0.634. The van der Waals surface area contributed by atoms with E-state index in [1.165, 1.54) is 4.90 Å². The number of amides is 4. The van der Waals surface area contributed by atoms with Gasteiger partial charge in [-0.2, -0.15) is 0 Å². The zero-order chi connectivity index (χ0) is 19.3. The number of nitrogens with one attached hydrogen (secondary N) is 2. The molecule has 0 radical (unpaired) electrons. The summed E-state index contributed by atoms with van der Waals surface area (Å²) in [6, 6.07) is 6.45. The zero-order valence-electron chi connectivity index (χ0n) is 15.0. The fourth-order valence-electron chi connectivity index (χ4n) is 4.75. The van der Waals surface area contributed by atoms with Crippen LogP contribution in [-0.2, 0) is 24.7 Å². The molecule has 2 unspecified atom stereocenters. The molecule has 2 saturated heterocycles. The summed E-state index contributed by atoms with van der Waals surface area (Å²) < 4.78 is 0. The highest BCUT2D eigenvalue weighted by atomic mass is 16.2. The number of nitrogens with zero attached hydrogens (tertiary/aromatic N) is 1. The lowest BCUT2D eigenvalue weighted by Gasteiger charge is -2.29. The lowest BCUT2D eigenvalue weighted by atomic mass is 9.76.